The molecule has 0 saturated carbocycles. The number of likely N-dealkylation sites (N-methyl/N-ethyl adjacent to an activating group) is 1. The minimum Gasteiger partial charge on any atom is -0.508 e. The van der Waals surface area contributed by atoms with Crippen LogP contribution in [0.1, 0.15) is 53.3 Å². The summed E-state index contributed by atoms with van der Waals surface area (Å²) in [5, 5.41) is 12.9. The van der Waals surface area contributed by atoms with E-state index >= 15 is 0 Å². The fourth-order valence-electron chi connectivity index (χ4n) is 7.68. The second-order valence-electron chi connectivity index (χ2n) is 14.0. The molecule has 0 unspecified atom stereocenters. The second-order valence-corrected chi connectivity index (χ2v) is 14.0. The van der Waals surface area contributed by atoms with Crippen molar-refractivity contribution in [2.45, 2.75) is 57.0 Å². The Kier molecular flexibility index (Phi) is 10.9. The molecule has 0 saturated heterocycles. The third kappa shape index (κ3) is 7.77. The fourth-order valence-corrected chi connectivity index (χ4v) is 7.68. The van der Waals surface area contributed by atoms with E-state index in [-0.39, 0.29) is 30.0 Å². The highest BCUT2D eigenvalue weighted by Crippen LogP contribution is 2.43. The van der Waals surface area contributed by atoms with Crippen LogP contribution in [-0.4, -0.2) is 61.1 Å². The van der Waals surface area contributed by atoms with Crippen LogP contribution in [0.3, 0.4) is 0 Å². The van der Waals surface area contributed by atoms with E-state index in [4.69, 9.17) is 14.2 Å². The standard InChI is InChI=1S/C45H45N3O7/c1-5-38(31-9-7-6-8-10-31)48-27-34-26-41-39(47(2)44(51)42(55-41)32-15-19-35(49)20-16-32)24-33(34)25-40(48)43(50)46-37(45(52)54-4)23-28-11-13-29(14-12-28)30-17-21-36(53-3)22-18-30/h6-22,24,26,37-38,40,42,49H,5,23,25,27H2,1-4H3,(H,46,50)/t37-,38-,40-,42+/m0/s1. The molecule has 10 nitrogen and oxygen atoms in total. The first-order valence-corrected chi connectivity index (χ1v) is 18.5. The molecule has 10 heteroatoms. The first-order chi connectivity index (χ1) is 26.7. The summed E-state index contributed by atoms with van der Waals surface area (Å²) in [5.41, 5.74) is 7.18. The highest BCUT2D eigenvalue weighted by molar-refractivity contribution is 6.00. The number of nitrogens with zero attached hydrogens (tertiary/aromatic N) is 2. The predicted octanol–water partition coefficient (Wildman–Crippen LogP) is 6.94. The molecule has 4 atom stereocenters. The van der Waals surface area contributed by atoms with Gasteiger partial charge in [0.1, 0.15) is 23.3 Å². The maximum absolute atomic E-state index is 14.5. The van der Waals surface area contributed by atoms with Gasteiger partial charge in [-0.15, -0.1) is 0 Å². The van der Waals surface area contributed by atoms with Crippen LogP contribution in [0.2, 0.25) is 0 Å². The quantitative estimate of drug-likeness (QED) is 0.140. The molecule has 5 aromatic rings. The van der Waals surface area contributed by atoms with E-state index in [2.05, 4.69) is 29.3 Å². The van der Waals surface area contributed by atoms with Gasteiger partial charge in [-0.1, -0.05) is 85.8 Å². The maximum atomic E-state index is 14.5. The van der Waals surface area contributed by atoms with Gasteiger partial charge in [0.05, 0.1) is 25.9 Å². The molecule has 0 spiro atoms. The third-order valence-corrected chi connectivity index (χ3v) is 10.7. The monoisotopic (exact) mass is 739 g/mol. The smallest absolute Gasteiger partial charge is 0.328 e. The Morgan fingerprint density at radius 3 is 2.20 bits per heavy atom. The molecule has 282 valence electrons. The van der Waals surface area contributed by atoms with Gasteiger partial charge in [0.25, 0.3) is 5.91 Å². The number of phenolic OH excluding ortho intramolecular Hbond substituents is 1. The second kappa shape index (κ2) is 16.1. The Hall–Kier alpha value is -6.13. The highest BCUT2D eigenvalue weighted by Gasteiger charge is 2.40. The van der Waals surface area contributed by atoms with Crippen LogP contribution >= 0.6 is 0 Å². The number of ether oxygens (including phenoxy) is 3. The van der Waals surface area contributed by atoms with Crippen molar-refractivity contribution in [3.05, 3.63) is 143 Å². The molecule has 0 radical (unpaired) electrons. The van der Waals surface area contributed by atoms with Crippen molar-refractivity contribution in [3.8, 4) is 28.4 Å². The summed E-state index contributed by atoms with van der Waals surface area (Å²) in [4.78, 5) is 45.1. The van der Waals surface area contributed by atoms with Gasteiger partial charge >= 0.3 is 5.97 Å². The van der Waals surface area contributed by atoms with Gasteiger partial charge in [0.15, 0.2) is 0 Å². The number of carbonyl (C=O) groups is 3. The lowest BCUT2D eigenvalue weighted by atomic mass is 9.88. The summed E-state index contributed by atoms with van der Waals surface area (Å²) in [7, 11) is 4.68. The zero-order valence-corrected chi connectivity index (χ0v) is 31.4. The molecule has 7 rings (SSSR count). The topological polar surface area (TPSA) is 118 Å². The number of esters is 1. The minimum atomic E-state index is -0.915. The summed E-state index contributed by atoms with van der Waals surface area (Å²) in [6.07, 6.45) is 0.480. The molecule has 0 bridgehead atoms. The first-order valence-electron chi connectivity index (χ1n) is 18.5. The normalized spacial score (nSPS) is 17.6. The van der Waals surface area contributed by atoms with E-state index < -0.39 is 24.2 Å². The number of amides is 2. The molecule has 2 aliphatic rings. The summed E-state index contributed by atoms with van der Waals surface area (Å²) in [6, 6.07) is 34.6. The van der Waals surface area contributed by atoms with Crippen LogP contribution in [0.25, 0.3) is 11.1 Å². The van der Waals surface area contributed by atoms with Crippen molar-refractivity contribution in [3.63, 3.8) is 0 Å². The summed E-state index contributed by atoms with van der Waals surface area (Å²) < 4.78 is 16.8. The van der Waals surface area contributed by atoms with Crippen molar-refractivity contribution in [2.75, 3.05) is 26.2 Å². The van der Waals surface area contributed by atoms with Crippen molar-refractivity contribution in [1.29, 1.82) is 0 Å². The van der Waals surface area contributed by atoms with Crippen molar-refractivity contribution < 1.29 is 33.7 Å². The lowest BCUT2D eigenvalue weighted by Gasteiger charge is -2.42. The number of phenols is 1. The molecule has 0 aromatic heterocycles. The Morgan fingerprint density at radius 1 is 0.891 bits per heavy atom. The number of nitrogens with one attached hydrogen (secondary N) is 1. The Labute approximate surface area is 321 Å². The lowest BCUT2D eigenvalue weighted by molar-refractivity contribution is -0.146. The first kappa shape index (κ1) is 37.2. The molecular weight excluding hydrogens is 695 g/mol. The third-order valence-electron chi connectivity index (χ3n) is 10.7. The number of hydrogen-bond acceptors (Lipinski definition) is 8. The molecule has 2 aliphatic heterocycles. The van der Waals surface area contributed by atoms with Gasteiger partial charge in [0, 0.05) is 31.6 Å². The zero-order valence-electron chi connectivity index (χ0n) is 31.4. The fraction of sp³-hybridized carbons (Fsp3) is 0.267. The number of carbonyl (C=O) groups excluding carboxylic acids is 3. The maximum Gasteiger partial charge on any atom is 0.328 e. The molecule has 2 amide bonds. The number of hydrogen-bond donors (Lipinski definition) is 2. The number of methoxy groups -OCH3 is 2. The van der Waals surface area contributed by atoms with E-state index in [1.54, 1.807) is 31.2 Å². The number of fused-ring (bicyclic) bond motifs is 2. The average molecular weight is 740 g/mol. The molecule has 5 aromatic carbocycles. The molecule has 0 aliphatic carbocycles. The SMILES string of the molecule is CC[C@@H](c1ccccc1)N1Cc2cc3c(cc2C[C@H]1C(=O)N[C@@H](Cc1ccc(-c2ccc(OC)cc2)cc1)C(=O)OC)N(C)C(=O)[C@@H](c1ccc(O)cc1)O3. The van der Waals surface area contributed by atoms with Gasteiger partial charge in [-0.05, 0) is 82.6 Å². The minimum absolute atomic E-state index is 0.0990. The largest absolute Gasteiger partial charge is 0.508 e. The van der Waals surface area contributed by atoms with Gasteiger partial charge in [-0.25, -0.2) is 4.79 Å². The Balaban J connectivity index is 1.17. The van der Waals surface area contributed by atoms with Crippen LogP contribution in [0, 0.1) is 0 Å². The number of benzene rings is 5. The zero-order chi connectivity index (χ0) is 38.6. The van der Waals surface area contributed by atoms with Crippen molar-refractivity contribution in [2.24, 2.45) is 0 Å². The van der Waals surface area contributed by atoms with Gasteiger partial charge < -0.3 is 29.5 Å². The number of aromatic hydroxyl groups is 1. The van der Waals surface area contributed by atoms with Crippen molar-refractivity contribution >= 4 is 23.5 Å². The van der Waals surface area contributed by atoms with Crippen LogP contribution < -0.4 is 19.7 Å². The van der Waals surface area contributed by atoms with E-state index in [1.165, 1.54) is 19.2 Å². The van der Waals surface area contributed by atoms with E-state index in [0.717, 1.165) is 45.6 Å². The predicted molar refractivity (Wildman–Crippen MR) is 210 cm³/mol. The van der Waals surface area contributed by atoms with E-state index in [0.29, 0.717) is 30.0 Å². The van der Waals surface area contributed by atoms with Gasteiger partial charge in [-0.2, -0.15) is 0 Å². The number of rotatable bonds is 11. The molecule has 2 heterocycles. The van der Waals surface area contributed by atoms with E-state index in [1.807, 2.05) is 78.9 Å². The van der Waals surface area contributed by atoms with Crippen LogP contribution in [0.5, 0.6) is 17.2 Å². The molecule has 55 heavy (non-hydrogen) atoms. The Morgan fingerprint density at radius 2 is 1.56 bits per heavy atom. The van der Waals surface area contributed by atoms with Crippen LogP contribution in [0.4, 0.5) is 5.69 Å². The summed E-state index contributed by atoms with van der Waals surface area (Å²) in [6.45, 7) is 2.54. The molecule has 0 fully saturated rings. The summed E-state index contributed by atoms with van der Waals surface area (Å²) >= 11 is 0. The number of anilines is 1. The Bertz CT molecular complexity index is 2150. The summed E-state index contributed by atoms with van der Waals surface area (Å²) in [5.74, 6) is 0.407. The lowest BCUT2D eigenvalue weighted by Crippen LogP contribution is -2.55. The van der Waals surface area contributed by atoms with E-state index in [9.17, 15) is 19.5 Å². The molecular formula is C45H45N3O7. The van der Waals surface area contributed by atoms with Crippen LogP contribution in [-0.2, 0) is 38.5 Å². The van der Waals surface area contributed by atoms with Gasteiger partial charge in [0.2, 0.25) is 12.0 Å². The van der Waals surface area contributed by atoms with Crippen LogP contribution in [0.15, 0.2) is 115 Å². The highest BCUT2D eigenvalue weighted by atomic mass is 16.5. The van der Waals surface area contributed by atoms with Crippen molar-refractivity contribution in [1.82, 2.24) is 10.2 Å². The van der Waals surface area contributed by atoms with Gasteiger partial charge in [-0.3, -0.25) is 14.5 Å². The molecule has 2 N–H and O–H groups in total. The average Bonchev–Trinajstić information content (AvgIpc) is 3.22.